The molecule has 2 aromatic rings. The van der Waals surface area contributed by atoms with Gasteiger partial charge in [0.25, 0.3) is 5.69 Å². The highest BCUT2D eigenvalue weighted by molar-refractivity contribution is 5.41. The molecular formula is C13H9F3N2O3. The number of ether oxygens (including phenoxy) is 1. The summed E-state index contributed by atoms with van der Waals surface area (Å²) in [6.07, 6.45) is 0. The molecule has 0 fully saturated rings. The number of benzene rings is 2. The normalized spacial score (nSPS) is 10.5. The highest BCUT2D eigenvalue weighted by Crippen LogP contribution is 2.31. The third kappa shape index (κ3) is 3.11. The van der Waals surface area contributed by atoms with Crippen LogP contribution in [-0.2, 0) is 6.54 Å². The lowest BCUT2D eigenvalue weighted by atomic mass is 10.2. The van der Waals surface area contributed by atoms with Crippen LogP contribution in [0.1, 0.15) is 5.56 Å². The summed E-state index contributed by atoms with van der Waals surface area (Å²) in [6.45, 7) is -0.0694. The molecule has 0 atom stereocenters. The second kappa shape index (κ2) is 5.80. The average Bonchev–Trinajstić information content (AvgIpc) is 2.43. The van der Waals surface area contributed by atoms with Crippen LogP contribution in [0, 0.1) is 27.6 Å². The van der Waals surface area contributed by atoms with Crippen LogP contribution in [0.3, 0.4) is 0 Å². The summed E-state index contributed by atoms with van der Waals surface area (Å²) in [5.41, 5.74) is 4.97. The molecule has 0 bridgehead atoms. The molecule has 0 aromatic heterocycles. The Balaban J connectivity index is 2.37. The number of nitrogens with two attached hydrogens (primary N) is 1. The van der Waals surface area contributed by atoms with Crippen LogP contribution >= 0.6 is 0 Å². The summed E-state index contributed by atoms with van der Waals surface area (Å²) in [5.74, 6) is -4.54. The van der Waals surface area contributed by atoms with Gasteiger partial charge in [-0.05, 0) is 23.8 Å². The van der Waals surface area contributed by atoms with E-state index in [1.165, 1.54) is 0 Å². The van der Waals surface area contributed by atoms with Crippen molar-refractivity contribution in [2.45, 2.75) is 6.54 Å². The molecule has 0 aliphatic carbocycles. The molecule has 0 unspecified atom stereocenters. The first-order chi connectivity index (χ1) is 9.92. The van der Waals surface area contributed by atoms with Crippen molar-refractivity contribution in [1.29, 1.82) is 0 Å². The minimum Gasteiger partial charge on any atom is -0.448 e. The van der Waals surface area contributed by atoms with Crippen molar-refractivity contribution in [3.63, 3.8) is 0 Å². The largest absolute Gasteiger partial charge is 0.448 e. The van der Waals surface area contributed by atoms with Gasteiger partial charge in [0, 0.05) is 12.6 Å². The molecule has 0 saturated carbocycles. The quantitative estimate of drug-likeness (QED) is 0.694. The highest BCUT2D eigenvalue weighted by Gasteiger charge is 2.17. The lowest BCUT2D eigenvalue weighted by molar-refractivity contribution is -0.385. The Morgan fingerprint density at radius 3 is 2.19 bits per heavy atom. The van der Waals surface area contributed by atoms with Crippen molar-refractivity contribution in [3.8, 4) is 11.5 Å². The zero-order valence-electron chi connectivity index (χ0n) is 10.5. The van der Waals surface area contributed by atoms with E-state index in [1.54, 1.807) is 0 Å². The SMILES string of the molecule is NCc1cc(F)c(Oc2ccc([N+](=O)[O-])cc2F)c(F)c1. The van der Waals surface area contributed by atoms with Crippen LogP contribution in [0.25, 0.3) is 0 Å². The molecule has 0 radical (unpaired) electrons. The second-order valence-electron chi connectivity index (χ2n) is 4.07. The minimum absolute atomic E-state index is 0.0694. The Morgan fingerprint density at radius 1 is 1.10 bits per heavy atom. The van der Waals surface area contributed by atoms with E-state index >= 15 is 0 Å². The molecule has 0 spiro atoms. The summed E-state index contributed by atoms with van der Waals surface area (Å²) in [7, 11) is 0. The molecule has 2 N–H and O–H groups in total. The lowest BCUT2D eigenvalue weighted by Crippen LogP contribution is -2.01. The maximum absolute atomic E-state index is 13.7. The van der Waals surface area contributed by atoms with Crippen molar-refractivity contribution in [2.75, 3.05) is 0 Å². The van der Waals surface area contributed by atoms with E-state index < -0.39 is 39.6 Å². The van der Waals surface area contributed by atoms with Gasteiger partial charge in [0.2, 0.25) is 0 Å². The molecule has 2 rings (SSSR count). The van der Waals surface area contributed by atoms with Crippen LogP contribution in [0.2, 0.25) is 0 Å². The summed E-state index contributed by atoms with van der Waals surface area (Å²) in [4.78, 5) is 9.67. The molecule has 21 heavy (non-hydrogen) atoms. The van der Waals surface area contributed by atoms with E-state index in [-0.39, 0.29) is 12.1 Å². The summed E-state index contributed by atoms with van der Waals surface area (Å²) < 4.78 is 45.8. The fraction of sp³-hybridized carbons (Fsp3) is 0.0769. The highest BCUT2D eigenvalue weighted by atomic mass is 19.1. The molecule has 8 heteroatoms. The van der Waals surface area contributed by atoms with Gasteiger partial charge in [-0.25, -0.2) is 13.2 Å². The number of non-ortho nitro benzene ring substituents is 1. The Hall–Kier alpha value is -2.61. The Bertz CT molecular complexity index is 684. The van der Waals surface area contributed by atoms with Gasteiger partial charge in [-0.1, -0.05) is 0 Å². The monoisotopic (exact) mass is 298 g/mol. The third-order valence-electron chi connectivity index (χ3n) is 2.63. The van der Waals surface area contributed by atoms with E-state index in [9.17, 15) is 23.3 Å². The Morgan fingerprint density at radius 2 is 1.71 bits per heavy atom. The lowest BCUT2D eigenvalue weighted by Gasteiger charge is -2.10. The van der Waals surface area contributed by atoms with Crippen LogP contribution in [0.15, 0.2) is 30.3 Å². The van der Waals surface area contributed by atoms with Crippen molar-refractivity contribution < 1.29 is 22.8 Å². The van der Waals surface area contributed by atoms with Gasteiger partial charge in [0.15, 0.2) is 29.0 Å². The minimum atomic E-state index is -1.11. The van der Waals surface area contributed by atoms with Gasteiger partial charge in [-0.2, -0.15) is 0 Å². The van der Waals surface area contributed by atoms with Gasteiger partial charge in [-0.3, -0.25) is 10.1 Å². The zero-order chi connectivity index (χ0) is 15.6. The van der Waals surface area contributed by atoms with Crippen molar-refractivity contribution in [3.05, 3.63) is 63.5 Å². The smallest absolute Gasteiger partial charge is 0.272 e. The van der Waals surface area contributed by atoms with Gasteiger partial charge in [-0.15, -0.1) is 0 Å². The Kier molecular flexibility index (Phi) is 4.08. The number of nitrogens with zero attached hydrogens (tertiary/aromatic N) is 1. The number of nitro groups is 1. The summed E-state index contributed by atoms with van der Waals surface area (Å²) >= 11 is 0. The first kappa shape index (κ1) is 14.8. The molecule has 5 nitrogen and oxygen atoms in total. The number of hydrogen-bond acceptors (Lipinski definition) is 4. The fourth-order valence-corrected chi connectivity index (χ4v) is 1.62. The van der Waals surface area contributed by atoms with E-state index in [0.29, 0.717) is 6.07 Å². The molecular weight excluding hydrogens is 289 g/mol. The summed E-state index contributed by atoms with van der Waals surface area (Å²) in [5, 5.41) is 10.5. The number of rotatable bonds is 4. The van der Waals surface area contributed by atoms with E-state index in [0.717, 1.165) is 24.3 Å². The van der Waals surface area contributed by atoms with Gasteiger partial charge >= 0.3 is 0 Å². The van der Waals surface area contributed by atoms with E-state index in [1.807, 2.05) is 0 Å². The van der Waals surface area contributed by atoms with Crippen molar-refractivity contribution >= 4 is 5.69 Å². The maximum Gasteiger partial charge on any atom is 0.272 e. The molecule has 0 amide bonds. The molecule has 110 valence electrons. The fourth-order valence-electron chi connectivity index (χ4n) is 1.62. The second-order valence-corrected chi connectivity index (χ2v) is 4.07. The van der Waals surface area contributed by atoms with Gasteiger partial charge in [0.1, 0.15) is 0 Å². The van der Waals surface area contributed by atoms with E-state index in [4.69, 9.17) is 10.5 Å². The molecule has 0 saturated heterocycles. The number of hydrogen-bond donors (Lipinski definition) is 1. The third-order valence-corrected chi connectivity index (χ3v) is 2.63. The van der Waals surface area contributed by atoms with Gasteiger partial charge < -0.3 is 10.5 Å². The van der Waals surface area contributed by atoms with Gasteiger partial charge in [0.05, 0.1) is 11.0 Å². The van der Waals surface area contributed by atoms with Crippen molar-refractivity contribution in [1.82, 2.24) is 0 Å². The van der Waals surface area contributed by atoms with E-state index in [2.05, 4.69) is 0 Å². The Labute approximate surface area is 116 Å². The molecule has 0 heterocycles. The zero-order valence-corrected chi connectivity index (χ0v) is 10.5. The molecule has 0 aliphatic rings. The summed E-state index contributed by atoms with van der Waals surface area (Å²) in [6, 6.07) is 4.40. The first-order valence-corrected chi connectivity index (χ1v) is 5.72. The predicted octanol–water partition coefficient (Wildman–Crippen LogP) is 3.26. The average molecular weight is 298 g/mol. The van der Waals surface area contributed by atoms with Crippen LogP contribution < -0.4 is 10.5 Å². The standard InChI is InChI=1S/C13H9F3N2O3/c14-9-5-8(18(19)20)1-2-12(9)21-13-10(15)3-7(6-17)4-11(13)16/h1-5H,6,17H2. The topological polar surface area (TPSA) is 78.4 Å². The maximum atomic E-state index is 13.7. The number of nitro benzene ring substituents is 1. The number of halogens is 3. The first-order valence-electron chi connectivity index (χ1n) is 5.72. The molecule has 0 aliphatic heterocycles. The predicted molar refractivity (Wildman–Crippen MR) is 67.4 cm³/mol. The van der Waals surface area contributed by atoms with Crippen LogP contribution in [0.5, 0.6) is 11.5 Å². The van der Waals surface area contributed by atoms with Crippen LogP contribution in [0.4, 0.5) is 18.9 Å². The van der Waals surface area contributed by atoms with Crippen molar-refractivity contribution in [2.24, 2.45) is 5.73 Å². The molecule has 2 aromatic carbocycles. The van der Waals surface area contributed by atoms with Crippen LogP contribution in [-0.4, -0.2) is 4.92 Å².